The van der Waals surface area contributed by atoms with Crippen LogP contribution in [-0.2, 0) is 0 Å². The number of hydrogen-bond acceptors (Lipinski definition) is 4. The van der Waals surface area contributed by atoms with E-state index in [1.165, 1.54) is 35.3 Å². The Morgan fingerprint density at radius 1 is 1.11 bits per heavy atom. The second-order valence-corrected chi connectivity index (χ2v) is 5.92. The van der Waals surface area contributed by atoms with Gasteiger partial charge in [0.25, 0.3) is 0 Å². The Labute approximate surface area is 158 Å². The maximum Gasteiger partial charge on any atom is 0.573 e. The number of thiocarbonyl (C=S) groups is 1. The molecule has 3 rings (SSSR count). The summed E-state index contributed by atoms with van der Waals surface area (Å²) < 4.78 is 41.9. The van der Waals surface area contributed by atoms with Crippen molar-refractivity contribution in [2.24, 2.45) is 5.73 Å². The number of ether oxygens (including phenoxy) is 1. The summed E-state index contributed by atoms with van der Waals surface area (Å²) in [6.07, 6.45) is -3.25. The lowest BCUT2D eigenvalue weighted by molar-refractivity contribution is -0.274. The van der Waals surface area contributed by atoms with Gasteiger partial charge < -0.3 is 15.4 Å². The van der Waals surface area contributed by atoms with Crippen LogP contribution in [0.1, 0.15) is 0 Å². The van der Waals surface area contributed by atoms with Crippen LogP contribution < -0.4 is 15.4 Å². The third-order valence-electron chi connectivity index (χ3n) is 3.67. The van der Waals surface area contributed by atoms with Gasteiger partial charge in [0.05, 0.1) is 5.69 Å². The van der Waals surface area contributed by atoms with Gasteiger partial charge in [0.15, 0.2) is 10.9 Å². The molecule has 2 aromatic carbocycles. The van der Waals surface area contributed by atoms with Crippen LogP contribution in [0.4, 0.5) is 18.9 Å². The van der Waals surface area contributed by atoms with E-state index in [0.717, 1.165) is 11.3 Å². The molecule has 2 N–H and O–H groups in total. The molecule has 0 aliphatic carbocycles. The first-order chi connectivity index (χ1) is 12.7. The molecule has 3 aromatic rings. The number of nitrogens with two attached hydrogens (primary N) is 1. The van der Waals surface area contributed by atoms with Crippen molar-refractivity contribution in [3.05, 3.63) is 54.9 Å². The fourth-order valence-electron chi connectivity index (χ4n) is 2.28. The number of anilines is 1. The molecule has 6 nitrogen and oxygen atoms in total. The van der Waals surface area contributed by atoms with E-state index < -0.39 is 6.36 Å². The molecular formula is C17H14F3N5OS. The number of benzene rings is 2. The highest BCUT2D eigenvalue weighted by atomic mass is 32.1. The first-order valence-electron chi connectivity index (χ1n) is 7.64. The van der Waals surface area contributed by atoms with Gasteiger partial charge in [0, 0.05) is 18.3 Å². The lowest BCUT2D eigenvalue weighted by Gasteiger charge is -2.16. The fourth-order valence-corrected chi connectivity index (χ4v) is 2.39. The number of alkyl halides is 3. The van der Waals surface area contributed by atoms with Gasteiger partial charge in [-0.25, -0.2) is 9.67 Å². The molecular weight excluding hydrogens is 379 g/mol. The van der Waals surface area contributed by atoms with Gasteiger partial charge in [-0.2, -0.15) is 0 Å². The molecule has 140 valence electrons. The Kier molecular flexibility index (Phi) is 5.00. The van der Waals surface area contributed by atoms with Gasteiger partial charge in [0.2, 0.25) is 0 Å². The quantitative estimate of drug-likeness (QED) is 0.684. The first-order valence-corrected chi connectivity index (χ1v) is 8.05. The van der Waals surface area contributed by atoms with Crippen LogP contribution in [0.25, 0.3) is 17.1 Å². The molecule has 27 heavy (non-hydrogen) atoms. The van der Waals surface area contributed by atoms with E-state index in [4.69, 9.17) is 18.0 Å². The molecule has 0 fully saturated rings. The molecule has 10 heteroatoms. The van der Waals surface area contributed by atoms with Crippen LogP contribution in [0.3, 0.4) is 0 Å². The van der Waals surface area contributed by atoms with Gasteiger partial charge >= 0.3 is 6.36 Å². The molecule has 0 aliphatic heterocycles. The van der Waals surface area contributed by atoms with E-state index in [-0.39, 0.29) is 10.9 Å². The van der Waals surface area contributed by atoms with Crippen molar-refractivity contribution in [2.45, 2.75) is 6.36 Å². The van der Waals surface area contributed by atoms with Crippen molar-refractivity contribution >= 4 is 23.0 Å². The fraction of sp³-hybridized carbons (Fsp3) is 0.118. The molecule has 0 amide bonds. The van der Waals surface area contributed by atoms with E-state index >= 15 is 0 Å². The molecule has 0 radical (unpaired) electrons. The summed E-state index contributed by atoms with van der Waals surface area (Å²) in [6.45, 7) is 0. The molecule has 1 aromatic heterocycles. The number of halogens is 3. The topological polar surface area (TPSA) is 69.2 Å². The summed E-state index contributed by atoms with van der Waals surface area (Å²) in [4.78, 5) is 5.89. The third-order valence-corrected chi connectivity index (χ3v) is 3.94. The second-order valence-electron chi connectivity index (χ2n) is 5.50. The maximum atomic E-state index is 12.2. The van der Waals surface area contributed by atoms with E-state index in [2.05, 4.69) is 14.8 Å². The minimum absolute atomic E-state index is 0.253. The largest absolute Gasteiger partial charge is 0.573 e. The molecule has 0 spiro atoms. The van der Waals surface area contributed by atoms with E-state index in [1.807, 2.05) is 24.3 Å². The summed E-state index contributed by atoms with van der Waals surface area (Å²) >= 11 is 4.93. The molecule has 0 saturated carbocycles. The van der Waals surface area contributed by atoms with Crippen molar-refractivity contribution in [3.8, 4) is 22.8 Å². The smallest absolute Gasteiger partial charge is 0.406 e. The van der Waals surface area contributed by atoms with E-state index in [0.29, 0.717) is 11.5 Å². The SMILES string of the molecule is CN(C(N)=S)c1ccc(-c2ncn(-c3ccc(OC(F)(F)F)cc3)n2)cc1. The van der Waals surface area contributed by atoms with Crippen LogP contribution in [-0.4, -0.2) is 33.3 Å². The minimum Gasteiger partial charge on any atom is -0.406 e. The summed E-state index contributed by atoms with van der Waals surface area (Å²) in [7, 11) is 1.76. The monoisotopic (exact) mass is 393 g/mol. The predicted molar refractivity (Wildman–Crippen MR) is 98.7 cm³/mol. The van der Waals surface area contributed by atoms with Gasteiger partial charge in [-0.3, -0.25) is 0 Å². The van der Waals surface area contributed by atoms with E-state index in [1.54, 1.807) is 11.9 Å². The Morgan fingerprint density at radius 3 is 2.30 bits per heavy atom. The van der Waals surface area contributed by atoms with Crippen LogP contribution in [0, 0.1) is 0 Å². The number of aromatic nitrogens is 3. The van der Waals surface area contributed by atoms with Crippen molar-refractivity contribution in [1.82, 2.24) is 14.8 Å². The summed E-state index contributed by atoms with van der Waals surface area (Å²) in [6, 6.07) is 12.7. The van der Waals surface area contributed by atoms with Crippen LogP contribution in [0.5, 0.6) is 5.75 Å². The van der Waals surface area contributed by atoms with Crippen LogP contribution in [0.15, 0.2) is 54.9 Å². The highest BCUT2D eigenvalue weighted by Gasteiger charge is 2.30. The Hall–Kier alpha value is -3.14. The van der Waals surface area contributed by atoms with E-state index in [9.17, 15) is 13.2 Å². The lowest BCUT2D eigenvalue weighted by Crippen LogP contribution is -2.31. The third kappa shape index (κ3) is 4.53. The number of hydrogen-bond donors (Lipinski definition) is 1. The second kappa shape index (κ2) is 7.23. The zero-order chi connectivity index (χ0) is 19.6. The zero-order valence-electron chi connectivity index (χ0n) is 14.0. The van der Waals surface area contributed by atoms with Crippen LogP contribution in [0.2, 0.25) is 0 Å². The number of rotatable bonds is 4. The lowest BCUT2D eigenvalue weighted by atomic mass is 10.2. The number of nitrogens with zero attached hydrogens (tertiary/aromatic N) is 4. The molecule has 0 bridgehead atoms. The molecule has 0 unspecified atom stereocenters. The normalized spacial score (nSPS) is 11.3. The van der Waals surface area contributed by atoms with Crippen molar-refractivity contribution in [1.29, 1.82) is 0 Å². The summed E-state index contributed by atoms with van der Waals surface area (Å²) in [5.41, 5.74) is 7.73. The Morgan fingerprint density at radius 2 is 1.74 bits per heavy atom. The average molecular weight is 393 g/mol. The molecule has 0 saturated heterocycles. The predicted octanol–water partition coefficient (Wildman–Crippen LogP) is 3.51. The summed E-state index contributed by atoms with van der Waals surface area (Å²) in [5, 5.41) is 4.60. The highest BCUT2D eigenvalue weighted by Crippen LogP contribution is 2.24. The first kappa shape index (κ1) is 18.6. The van der Waals surface area contributed by atoms with Crippen molar-refractivity contribution < 1.29 is 17.9 Å². The minimum atomic E-state index is -4.73. The Balaban J connectivity index is 1.77. The standard InChI is InChI=1S/C17H14F3N5OS/c1-24(16(21)27)12-4-2-11(3-5-12)15-22-10-25(23-15)13-6-8-14(9-7-13)26-17(18,19)20/h2-10H,1H3,(H2,21,27). The van der Waals surface area contributed by atoms with Gasteiger partial charge in [-0.05, 0) is 60.7 Å². The highest BCUT2D eigenvalue weighted by molar-refractivity contribution is 7.80. The Bertz CT molecular complexity index is 938. The van der Waals surface area contributed by atoms with Crippen LogP contribution >= 0.6 is 12.2 Å². The van der Waals surface area contributed by atoms with Gasteiger partial charge in [-0.1, -0.05) is 0 Å². The molecule has 0 aliphatic rings. The summed E-state index contributed by atoms with van der Waals surface area (Å²) in [5.74, 6) is 0.166. The molecule has 1 heterocycles. The average Bonchev–Trinajstić information content (AvgIpc) is 3.10. The van der Waals surface area contributed by atoms with Crippen molar-refractivity contribution in [2.75, 3.05) is 11.9 Å². The van der Waals surface area contributed by atoms with Crippen molar-refractivity contribution in [3.63, 3.8) is 0 Å². The van der Waals surface area contributed by atoms with Gasteiger partial charge in [0.1, 0.15) is 12.1 Å². The molecule has 0 atom stereocenters. The zero-order valence-corrected chi connectivity index (χ0v) is 14.8. The van der Waals surface area contributed by atoms with Gasteiger partial charge in [-0.15, -0.1) is 18.3 Å². The maximum absolute atomic E-state index is 12.2.